The van der Waals surface area contributed by atoms with Crippen molar-refractivity contribution < 1.29 is 4.74 Å². The van der Waals surface area contributed by atoms with E-state index >= 15 is 0 Å². The van der Waals surface area contributed by atoms with Crippen LogP contribution in [-0.2, 0) is 4.74 Å². The van der Waals surface area contributed by atoms with Crippen molar-refractivity contribution in [3.05, 3.63) is 23.2 Å². The van der Waals surface area contributed by atoms with Crippen LogP contribution in [0.25, 0.3) is 0 Å². The molecule has 1 aromatic rings. The van der Waals surface area contributed by atoms with Crippen molar-refractivity contribution in [1.82, 2.24) is 0 Å². The molecular formula is C11H16ClNOS. The summed E-state index contributed by atoms with van der Waals surface area (Å²) in [7, 11) is 0. The van der Waals surface area contributed by atoms with Crippen molar-refractivity contribution >= 4 is 29.1 Å². The number of nitrogens with two attached hydrogens (primary N) is 1. The van der Waals surface area contributed by atoms with E-state index in [1.165, 1.54) is 0 Å². The first kappa shape index (κ1) is 12.7. The molecule has 0 aliphatic carbocycles. The molecule has 0 unspecified atom stereocenters. The highest BCUT2D eigenvalue weighted by Crippen LogP contribution is 2.29. The van der Waals surface area contributed by atoms with Crippen LogP contribution in [0.1, 0.15) is 13.3 Å². The molecule has 2 nitrogen and oxygen atoms in total. The first-order chi connectivity index (χ1) is 7.24. The number of ether oxygens (including phenoxy) is 1. The summed E-state index contributed by atoms with van der Waals surface area (Å²) in [6.07, 6.45) is 1.04. The van der Waals surface area contributed by atoms with Crippen LogP contribution in [0.15, 0.2) is 23.1 Å². The molecule has 1 rings (SSSR count). The lowest BCUT2D eigenvalue weighted by Crippen LogP contribution is -1.94. The molecule has 0 atom stereocenters. The third-order valence-corrected chi connectivity index (χ3v) is 3.44. The lowest BCUT2D eigenvalue weighted by Gasteiger charge is -2.05. The van der Waals surface area contributed by atoms with E-state index in [2.05, 4.69) is 0 Å². The van der Waals surface area contributed by atoms with Crippen molar-refractivity contribution in [2.45, 2.75) is 18.2 Å². The number of rotatable bonds is 6. The molecule has 0 aliphatic rings. The summed E-state index contributed by atoms with van der Waals surface area (Å²) < 4.78 is 5.25. The van der Waals surface area contributed by atoms with E-state index in [0.717, 1.165) is 35.3 Å². The fourth-order valence-corrected chi connectivity index (χ4v) is 2.32. The molecule has 2 N–H and O–H groups in total. The molecule has 0 amide bonds. The smallest absolute Gasteiger partial charge is 0.0562 e. The van der Waals surface area contributed by atoms with Gasteiger partial charge in [-0.05, 0) is 31.5 Å². The first-order valence-electron chi connectivity index (χ1n) is 4.99. The van der Waals surface area contributed by atoms with Crippen molar-refractivity contribution in [2.75, 3.05) is 24.7 Å². The highest BCUT2D eigenvalue weighted by atomic mass is 35.5. The highest BCUT2D eigenvalue weighted by Gasteiger charge is 2.00. The quantitative estimate of drug-likeness (QED) is 0.474. The molecule has 4 heteroatoms. The first-order valence-corrected chi connectivity index (χ1v) is 6.36. The van der Waals surface area contributed by atoms with Crippen molar-refractivity contribution in [2.24, 2.45) is 0 Å². The second-order valence-corrected chi connectivity index (χ2v) is 4.63. The lowest BCUT2D eigenvalue weighted by molar-refractivity contribution is 0.149. The lowest BCUT2D eigenvalue weighted by atomic mass is 10.3. The second kappa shape index (κ2) is 6.99. The van der Waals surface area contributed by atoms with Crippen molar-refractivity contribution in [3.63, 3.8) is 0 Å². The Kier molecular flexibility index (Phi) is 5.91. The third kappa shape index (κ3) is 4.78. The zero-order chi connectivity index (χ0) is 11.1. The van der Waals surface area contributed by atoms with Crippen LogP contribution in [-0.4, -0.2) is 19.0 Å². The van der Waals surface area contributed by atoms with Gasteiger partial charge in [0.2, 0.25) is 0 Å². The van der Waals surface area contributed by atoms with Crippen LogP contribution in [0.3, 0.4) is 0 Å². The van der Waals surface area contributed by atoms with Gasteiger partial charge in [-0.25, -0.2) is 0 Å². The Morgan fingerprint density at radius 1 is 1.47 bits per heavy atom. The number of nitrogen functional groups attached to an aromatic ring is 1. The van der Waals surface area contributed by atoms with Crippen LogP contribution < -0.4 is 5.73 Å². The van der Waals surface area contributed by atoms with E-state index in [9.17, 15) is 0 Å². The van der Waals surface area contributed by atoms with Gasteiger partial charge in [-0.3, -0.25) is 0 Å². The summed E-state index contributed by atoms with van der Waals surface area (Å²) in [6.45, 7) is 3.60. The number of anilines is 1. The van der Waals surface area contributed by atoms with Crippen LogP contribution in [0.5, 0.6) is 0 Å². The zero-order valence-electron chi connectivity index (χ0n) is 8.83. The maximum absolute atomic E-state index is 6.04. The Hall–Kier alpha value is -0.380. The van der Waals surface area contributed by atoms with Gasteiger partial charge in [-0.2, -0.15) is 0 Å². The molecule has 0 aromatic heterocycles. The minimum absolute atomic E-state index is 0.707. The second-order valence-electron chi connectivity index (χ2n) is 3.09. The van der Waals surface area contributed by atoms with Gasteiger partial charge < -0.3 is 10.5 Å². The molecular weight excluding hydrogens is 230 g/mol. The molecule has 0 bridgehead atoms. The maximum atomic E-state index is 6.04. The molecule has 0 saturated carbocycles. The number of thioether (sulfide) groups is 1. The monoisotopic (exact) mass is 245 g/mol. The zero-order valence-corrected chi connectivity index (χ0v) is 10.4. The number of halogens is 1. The van der Waals surface area contributed by atoms with E-state index in [4.69, 9.17) is 22.1 Å². The summed E-state index contributed by atoms with van der Waals surface area (Å²) >= 11 is 7.78. The molecule has 0 aliphatic heterocycles. The molecule has 0 spiro atoms. The van der Waals surface area contributed by atoms with Crippen LogP contribution in [0.2, 0.25) is 5.02 Å². The number of hydrogen-bond donors (Lipinski definition) is 1. The summed E-state index contributed by atoms with van der Waals surface area (Å²) in [5, 5.41) is 0.733. The minimum atomic E-state index is 0.707. The van der Waals surface area contributed by atoms with Gasteiger partial charge in [0.05, 0.1) is 5.02 Å². The van der Waals surface area contributed by atoms with Gasteiger partial charge in [-0.1, -0.05) is 11.6 Å². The van der Waals surface area contributed by atoms with Gasteiger partial charge in [0, 0.05) is 29.5 Å². The van der Waals surface area contributed by atoms with Gasteiger partial charge in [0.15, 0.2) is 0 Å². The molecule has 0 heterocycles. The van der Waals surface area contributed by atoms with Crippen LogP contribution >= 0.6 is 23.4 Å². The molecule has 0 fully saturated rings. The minimum Gasteiger partial charge on any atom is -0.399 e. The van der Waals surface area contributed by atoms with Crippen molar-refractivity contribution in [3.8, 4) is 0 Å². The molecule has 15 heavy (non-hydrogen) atoms. The fourth-order valence-electron chi connectivity index (χ4n) is 1.12. The van der Waals surface area contributed by atoms with E-state index in [1.54, 1.807) is 17.8 Å². The number of hydrogen-bond acceptors (Lipinski definition) is 3. The summed E-state index contributed by atoms with van der Waals surface area (Å²) in [4.78, 5) is 1.09. The standard InChI is InChI=1S/C11H16ClNOS/c1-2-14-6-3-7-15-11-5-4-9(13)8-10(11)12/h4-5,8H,2-3,6-7,13H2,1H3. The molecule has 0 saturated heterocycles. The molecule has 0 radical (unpaired) electrons. The van der Waals surface area contributed by atoms with Gasteiger partial charge in [0.25, 0.3) is 0 Å². The van der Waals surface area contributed by atoms with Crippen LogP contribution in [0, 0.1) is 0 Å². The van der Waals surface area contributed by atoms with Gasteiger partial charge in [-0.15, -0.1) is 11.8 Å². The highest BCUT2D eigenvalue weighted by molar-refractivity contribution is 7.99. The fraction of sp³-hybridized carbons (Fsp3) is 0.455. The molecule has 84 valence electrons. The average molecular weight is 246 g/mol. The van der Waals surface area contributed by atoms with E-state index in [1.807, 2.05) is 19.1 Å². The van der Waals surface area contributed by atoms with Gasteiger partial charge >= 0.3 is 0 Å². The predicted octanol–water partition coefficient (Wildman–Crippen LogP) is 3.44. The van der Waals surface area contributed by atoms with E-state index in [0.29, 0.717) is 5.69 Å². The number of benzene rings is 1. The largest absolute Gasteiger partial charge is 0.399 e. The van der Waals surface area contributed by atoms with Crippen LogP contribution in [0.4, 0.5) is 5.69 Å². The maximum Gasteiger partial charge on any atom is 0.0562 e. The summed E-state index contributed by atoms with van der Waals surface area (Å²) in [5.41, 5.74) is 6.32. The summed E-state index contributed by atoms with van der Waals surface area (Å²) in [5.74, 6) is 1.02. The molecule has 1 aromatic carbocycles. The Balaban J connectivity index is 2.31. The summed E-state index contributed by atoms with van der Waals surface area (Å²) in [6, 6.07) is 5.62. The Bertz CT molecular complexity index is 307. The van der Waals surface area contributed by atoms with E-state index < -0.39 is 0 Å². The Morgan fingerprint density at radius 2 is 2.27 bits per heavy atom. The third-order valence-electron chi connectivity index (χ3n) is 1.85. The van der Waals surface area contributed by atoms with Crippen molar-refractivity contribution in [1.29, 1.82) is 0 Å². The van der Waals surface area contributed by atoms with Gasteiger partial charge in [0.1, 0.15) is 0 Å². The normalized spacial score (nSPS) is 10.5. The van der Waals surface area contributed by atoms with E-state index in [-0.39, 0.29) is 0 Å². The predicted molar refractivity (Wildman–Crippen MR) is 67.7 cm³/mol. The Morgan fingerprint density at radius 3 is 2.93 bits per heavy atom. The average Bonchev–Trinajstić information content (AvgIpc) is 2.20. The topological polar surface area (TPSA) is 35.2 Å². The Labute approximate surface area is 100 Å². The SMILES string of the molecule is CCOCCCSc1ccc(N)cc1Cl.